The van der Waals surface area contributed by atoms with Crippen molar-refractivity contribution >= 4 is 5.91 Å². The SMILES string of the molecule is CNC(=O)Cc1ccc(CCCCCc2ccccc2)cc1. The minimum atomic E-state index is 0.0636. The molecule has 0 aliphatic rings. The molecule has 2 aromatic carbocycles. The zero-order valence-corrected chi connectivity index (χ0v) is 13.3. The van der Waals surface area contributed by atoms with Gasteiger partial charge < -0.3 is 5.32 Å². The molecule has 0 fully saturated rings. The molecule has 0 spiro atoms. The summed E-state index contributed by atoms with van der Waals surface area (Å²) >= 11 is 0. The van der Waals surface area contributed by atoms with E-state index in [2.05, 4.69) is 59.9 Å². The van der Waals surface area contributed by atoms with Crippen molar-refractivity contribution in [2.45, 2.75) is 38.5 Å². The van der Waals surface area contributed by atoms with Gasteiger partial charge in [-0.2, -0.15) is 0 Å². The van der Waals surface area contributed by atoms with Crippen LogP contribution in [0.4, 0.5) is 0 Å². The molecule has 0 atom stereocenters. The fourth-order valence-electron chi connectivity index (χ4n) is 2.58. The van der Waals surface area contributed by atoms with E-state index in [-0.39, 0.29) is 5.91 Å². The molecule has 1 N–H and O–H groups in total. The third kappa shape index (κ3) is 5.72. The van der Waals surface area contributed by atoms with E-state index in [1.165, 1.54) is 36.8 Å². The van der Waals surface area contributed by atoms with Gasteiger partial charge in [0, 0.05) is 7.05 Å². The van der Waals surface area contributed by atoms with Crippen molar-refractivity contribution in [3.63, 3.8) is 0 Å². The largest absolute Gasteiger partial charge is 0.359 e. The van der Waals surface area contributed by atoms with Crippen LogP contribution in [0.15, 0.2) is 54.6 Å². The molecule has 0 aliphatic heterocycles. The van der Waals surface area contributed by atoms with Crippen molar-refractivity contribution in [3.8, 4) is 0 Å². The van der Waals surface area contributed by atoms with Crippen molar-refractivity contribution in [1.82, 2.24) is 5.32 Å². The molecular weight excluding hydrogens is 270 g/mol. The van der Waals surface area contributed by atoms with Crippen LogP contribution in [-0.2, 0) is 24.1 Å². The Balaban J connectivity index is 1.65. The molecular formula is C20H25NO. The third-order valence-corrected chi connectivity index (χ3v) is 3.94. The summed E-state index contributed by atoms with van der Waals surface area (Å²) in [6.07, 6.45) is 6.49. The Morgan fingerprint density at radius 1 is 0.773 bits per heavy atom. The lowest BCUT2D eigenvalue weighted by Crippen LogP contribution is -2.19. The van der Waals surface area contributed by atoms with Crippen LogP contribution in [0.3, 0.4) is 0 Å². The number of carbonyl (C=O) groups excluding carboxylic acids is 1. The van der Waals surface area contributed by atoms with Gasteiger partial charge >= 0.3 is 0 Å². The Labute approximate surface area is 133 Å². The maximum Gasteiger partial charge on any atom is 0.224 e. The van der Waals surface area contributed by atoms with Gasteiger partial charge in [-0.15, -0.1) is 0 Å². The van der Waals surface area contributed by atoms with E-state index in [0.717, 1.165) is 12.0 Å². The van der Waals surface area contributed by atoms with Crippen LogP contribution in [0.1, 0.15) is 36.0 Å². The highest BCUT2D eigenvalue weighted by Gasteiger charge is 2.01. The zero-order chi connectivity index (χ0) is 15.6. The van der Waals surface area contributed by atoms with Crippen LogP contribution in [0.5, 0.6) is 0 Å². The van der Waals surface area contributed by atoms with Crippen molar-refractivity contribution in [1.29, 1.82) is 0 Å². The number of rotatable bonds is 8. The Morgan fingerprint density at radius 2 is 1.32 bits per heavy atom. The molecule has 2 nitrogen and oxygen atoms in total. The third-order valence-electron chi connectivity index (χ3n) is 3.94. The van der Waals surface area contributed by atoms with Gasteiger partial charge in [-0.25, -0.2) is 0 Å². The number of unbranched alkanes of at least 4 members (excludes halogenated alkanes) is 2. The van der Waals surface area contributed by atoms with Crippen molar-refractivity contribution in [2.24, 2.45) is 0 Å². The molecule has 2 rings (SSSR count). The van der Waals surface area contributed by atoms with Crippen molar-refractivity contribution in [2.75, 3.05) is 7.05 Å². The molecule has 0 radical (unpaired) electrons. The number of nitrogens with one attached hydrogen (secondary N) is 1. The molecule has 0 unspecified atom stereocenters. The van der Waals surface area contributed by atoms with E-state index in [4.69, 9.17) is 0 Å². The average molecular weight is 295 g/mol. The number of amides is 1. The van der Waals surface area contributed by atoms with E-state index >= 15 is 0 Å². The summed E-state index contributed by atoms with van der Waals surface area (Å²) in [6.45, 7) is 0. The Kier molecular flexibility index (Phi) is 6.69. The number of likely N-dealkylation sites (N-methyl/N-ethyl adjacent to an activating group) is 1. The summed E-state index contributed by atoms with van der Waals surface area (Å²) < 4.78 is 0. The summed E-state index contributed by atoms with van der Waals surface area (Å²) in [6, 6.07) is 19.1. The van der Waals surface area contributed by atoms with Crippen LogP contribution < -0.4 is 5.32 Å². The second kappa shape index (κ2) is 9.04. The normalized spacial score (nSPS) is 10.4. The molecule has 0 aromatic heterocycles. The number of hydrogen-bond donors (Lipinski definition) is 1. The van der Waals surface area contributed by atoms with E-state index in [0.29, 0.717) is 6.42 Å². The molecule has 2 heteroatoms. The number of hydrogen-bond acceptors (Lipinski definition) is 1. The van der Waals surface area contributed by atoms with Gasteiger partial charge in [0.2, 0.25) is 5.91 Å². The number of carbonyl (C=O) groups is 1. The molecule has 0 saturated heterocycles. The lowest BCUT2D eigenvalue weighted by Gasteiger charge is -2.05. The first kappa shape index (κ1) is 16.3. The Morgan fingerprint density at radius 3 is 1.91 bits per heavy atom. The highest BCUT2D eigenvalue weighted by molar-refractivity contribution is 5.78. The second-order valence-corrected chi connectivity index (χ2v) is 5.71. The van der Waals surface area contributed by atoms with Gasteiger partial charge in [-0.1, -0.05) is 61.0 Å². The number of benzene rings is 2. The van der Waals surface area contributed by atoms with E-state index < -0.39 is 0 Å². The predicted molar refractivity (Wildman–Crippen MR) is 91.9 cm³/mol. The van der Waals surface area contributed by atoms with Gasteiger partial charge in [0.25, 0.3) is 0 Å². The lowest BCUT2D eigenvalue weighted by atomic mass is 10.0. The standard InChI is InChI=1S/C20H25NO/c1-21-20(22)16-19-14-12-18(13-15-19)11-7-3-6-10-17-8-4-2-5-9-17/h2,4-5,8-9,12-15H,3,6-7,10-11,16H2,1H3,(H,21,22). The molecule has 0 aliphatic carbocycles. The molecule has 22 heavy (non-hydrogen) atoms. The van der Waals surface area contributed by atoms with E-state index in [9.17, 15) is 4.79 Å². The Bertz CT molecular complexity index is 560. The monoisotopic (exact) mass is 295 g/mol. The highest BCUT2D eigenvalue weighted by Crippen LogP contribution is 2.11. The van der Waals surface area contributed by atoms with Crippen LogP contribution in [0, 0.1) is 0 Å². The van der Waals surface area contributed by atoms with Crippen molar-refractivity contribution < 1.29 is 4.79 Å². The van der Waals surface area contributed by atoms with E-state index in [1.54, 1.807) is 7.05 Å². The summed E-state index contributed by atoms with van der Waals surface area (Å²) in [5, 5.41) is 2.65. The van der Waals surface area contributed by atoms with Gasteiger partial charge in [-0.3, -0.25) is 4.79 Å². The summed E-state index contributed by atoms with van der Waals surface area (Å²) in [5.74, 6) is 0.0636. The van der Waals surface area contributed by atoms with Crippen LogP contribution in [0.25, 0.3) is 0 Å². The predicted octanol–water partition coefficient (Wildman–Crippen LogP) is 3.93. The van der Waals surface area contributed by atoms with Crippen LogP contribution >= 0.6 is 0 Å². The van der Waals surface area contributed by atoms with Crippen LogP contribution in [0.2, 0.25) is 0 Å². The van der Waals surface area contributed by atoms with Gasteiger partial charge in [0.15, 0.2) is 0 Å². The Hall–Kier alpha value is -2.09. The molecule has 0 bridgehead atoms. The second-order valence-electron chi connectivity index (χ2n) is 5.71. The topological polar surface area (TPSA) is 29.1 Å². The maximum atomic E-state index is 11.3. The maximum absolute atomic E-state index is 11.3. The molecule has 2 aromatic rings. The quantitative estimate of drug-likeness (QED) is 0.735. The number of aryl methyl sites for hydroxylation is 2. The molecule has 116 valence electrons. The first-order valence-electron chi connectivity index (χ1n) is 8.10. The van der Waals surface area contributed by atoms with E-state index in [1.807, 2.05) is 0 Å². The highest BCUT2D eigenvalue weighted by atomic mass is 16.1. The zero-order valence-electron chi connectivity index (χ0n) is 13.3. The summed E-state index contributed by atoms with van der Waals surface area (Å²) in [4.78, 5) is 11.3. The smallest absolute Gasteiger partial charge is 0.224 e. The first-order valence-corrected chi connectivity index (χ1v) is 8.10. The molecule has 1 amide bonds. The van der Waals surface area contributed by atoms with Gasteiger partial charge in [-0.05, 0) is 42.4 Å². The first-order chi connectivity index (χ1) is 10.8. The molecule has 0 heterocycles. The minimum absolute atomic E-state index is 0.0636. The van der Waals surface area contributed by atoms with Gasteiger partial charge in [0.1, 0.15) is 0 Å². The summed E-state index contributed by atoms with van der Waals surface area (Å²) in [5.41, 5.74) is 3.87. The average Bonchev–Trinajstić information content (AvgIpc) is 2.57. The van der Waals surface area contributed by atoms with Gasteiger partial charge in [0.05, 0.1) is 6.42 Å². The fraction of sp³-hybridized carbons (Fsp3) is 0.350. The lowest BCUT2D eigenvalue weighted by molar-refractivity contribution is -0.119. The summed E-state index contributed by atoms with van der Waals surface area (Å²) in [7, 11) is 1.67. The fourth-order valence-corrected chi connectivity index (χ4v) is 2.58. The minimum Gasteiger partial charge on any atom is -0.359 e. The van der Waals surface area contributed by atoms with Crippen LogP contribution in [-0.4, -0.2) is 13.0 Å². The van der Waals surface area contributed by atoms with Crippen molar-refractivity contribution in [3.05, 3.63) is 71.3 Å². The molecule has 0 saturated carbocycles.